The first-order chi connectivity index (χ1) is 10.0. The van der Waals surface area contributed by atoms with Gasteiger partial charge in [0.15, 0.2) is 5.78 Å². The van der Waals surface area contributed by atoms with Crippen LogP contribution in [0.1, 0.15) is 47.7 Å². The lowest BCUT2D eigenvalue weighted by molar-refractivity contribution is 0.0468. The maximum Gasteiger partial charge on any atom is 0.187 e. The first-order valence-corrected chi connectivity index (χ1v) is 8.52. The predicted octanol–water partition coefficient (Wildman–Crippen LogP) is 3.88. The third-order valence-electron chi connectivity index (χ3n) is 4.99. The summed E-state index contributed by atoms with van der Waals surface area (Å²) in [6, 6.07) is 2.27. The van der Waals surface area contributed by atoms with Gasteiger partial charge in [0, 0.05) is 10.5 Å². The fraction of sp³-hybridized carbons (Fsp3) is 0.588. The SMILES string of the molecule is Cc1c(Br)cc2c(c1C)OC[C@H](N1CCCC[C@@H]1C)C2=O. The number of carbonyl (C=O) groups excluding carboxylic acids is 1. The molecule has 0 radical (unpaired) electrons. The Morgan fingerprint density at radius 1 is 1.29 bits per heavy atom. The van der Waals surface area contributed by atoms with Gasteiger partial charge < -0.3 is 4.74 Å². The van der Waals surface area contributed by atoms with E-state index in [1.54, 1.807) is 0 Å². The van der Waals surface area contributed by atoms with Crippen molar-refractivity contribution in [1.82, 2.24) is 4.90 Å². The van der Waals surface area contributed by atoms with Crippen LogP contribution >= 0.6 is 15.9 Å². The maximum absolute atomic E-state index is 12.9. The molecule has 0 N–H and O–H groups in total. The molecule has 2 heterocycles. The minimum Gasteiger partial charge on any atom is -0.490 e. The monoisotopic (exact) mass is 351 g/mol. The molecular weight excluding hydrogens is 330 g/mol. The molecule has 1 fully saturated rings. The standard InChI is InChI=1S/C17H22BrNO2/c1-10-6-4-5-7-19(10)15-9-21-17-12(3)11(2)14(18)8-13(17)16(15)20/h8,10,15H,4-7,9H2,1-3H3/t10-,15-/m0/s1. The number of hydrogen-bond acceptors (Lipinski definition) is 3. The third-order valence-corrected chi connectivity index (χ3v) is 5.81. The Labute approximate surface area is 134 Å². The zero-order valence-electron chi connectivity index (χ0n) is 12.9. The summed E-state index contributed by atoms with van der Waals surface area (Å²) in [6.45, 7) is 7.78. The average molecular weight is 352 g/mol. The van der Waals surface area contributed by atoms with E-state index in [0.717, 1.165) is 33.5 Å². The lowest BCUT2D eigenvalue weighted by atomic mass is 9.92. The fourth-order valence-corrected chi connectivity index (χ4v) is 3.99. The molecule has 0 bridgehead atoms. The second-order valence-corrected chi connectivity index (χ2v) is 7.11. The molecule has 0 spiro atoms. The van der Waals surface area contributed by atoms with Gasteiger partial charge in [-0.2, -0.15) is 0 Å². The zero-order valence-corrected chi connectivity index (χ0v) is 14.5. The van der Waals surface area contributed by atoms with Gasteiger partial charge in [-0.05, 0) is 57.4 Å². The molecule has 1 aromatic carbocycles. The van der Waals surface area contributed by atoms with E-state index in [1.165, 1.54) is 19.3 Å². The molecule has 3 rings (SSSR count). The number of fused-ring (bicyclic) bond motifs is 1. The lowest BCUT2D eigenvalue weighted by Crippen LogP contribution is -2.53. The summed E-state index contributed by atoms with van der Waals surface area (Å²) in [5.74, 6) is 0.996. The number of rotatable bonds is 1. The number of likely N-dealkylation sites (tertiary alicyclic amines) is 1. The Kier molecular flexibility index (Phi) is 4.10. The molecule has 2 aliphatic heterocycles. The summed E-state index contributed by atoms with van der Waals surface area (Å²) < 4.78 is 6.98. The van der Waals surface area contributed by atoms with Crippen LogP contribution in [0.2, 0.25) is 0 Å². The molecular formula is C17H22BrNO2. The van der Waals surface area contributed by atoms with E-state index in [0.29, 0.717) is 12.6 Å². The average Bonchev–Trinajstić information content (AvgIpc) is 2.47. The first-order valence-electron chi connectivity index (χ1n) is 7.73. The van der Waals surface area contributed by atoms with Gasteiger partial charge in [0.1, 0.15) is 18.4 Å². The van der Waals surface area contributed by atoms with Crippen molar-refractivity contribution in [1.29, 1.82) is 0 Å². The number of ketones is 1. The van der Waals surface area contributed by atoms with Crippen molar-refractivity contribution in [3.63, 3.8) is 0 Å². The van der Waals surface area contributed by atoms with Crippen LogP contribution in [-0.4, -0.2) is 35.9 Å². The van der Waals surface area contributed by atoms with Crippen molar-refractivity contribution < 1.29 is 9.53 Å². The van der Waals surface area contributed by atoms with Crippen LogP contribution in [0.25, 0.3) is 0 Å². The molecule has 0 amide bonds. The summed E-state index contributed by atoms with van der Waals surface area (Å²) in [7, 11) is 0. The zero-order chi connectivity index (χ0) is 15.1. The quantitative estimate of drug-likeness (QED) is 0.768. The second-order valence-electron chi connectivity index (χ2n) is 6.26. The number of hydrogen-bond donors (Lipinski definition) is 0. The minimum atomic E-state index is -0.123. The normalized spacial score (nSPS) is 26.4. The Morgan fingerprint density at radius 2 is 2.05 bits per heavy atom. The third kappa shape index (κ3) is 2.53. The van der Waals surface area contributed by atoms with Gasteiger partial charge in [0.2, 0.25) is 0 Å². The Balaban J connectivity index is 1.95. The van der Waals surface area contributed by atoms with Gasteiger partial charge in [0.25, 0.3) is 0 Å². The smallest absolute Gasteiger partial charge is 0.187 e. The van der Waals surface area contributed by atoms with Gasteiger partial charge in [-0.3, -0.25) is 9.69 Å². The van der Waals surface area contributed by atoms with E-state index >= 15 is 0 Å². The number of Topliss-reactive ketones (excluding diaryl/α,β-unsaturated/α-hetero) is 1. The molecule has 114 valence electrons. The number of carbonyl (C=O) groups is 1. The Morgan fingerprint density at radius 3 is 2.76 bits per heavy atom. The largest absolute Gasteiger partial charge is 0.490 e. The molecule has 1 aromatic rings. The van der Waals surface area contributed by atoms with Crippen LogP contribution in [0.4, 0.5) is 0 Å². The summed E-state index contributed by atoms with van der Waals surface area (Å²) in [5.41, 5.74) is 2.95. The van der Waals surface area contributed by atoms with Crippen molar-refractivity contribution >= 4 is 21.7 Å². The molecule has 4 heteroatoms. The van der Waals surface area contributed by atoms with Gasteiger partial charge in [0.05, 0.1) is 5.56 Å². The highest BCUT2D eigenvalue weighted by atomic mass is 79.9. The first kappa shape index (κ1) is 15.0. The van der Waals surface area contributed by atoms with E-state index in [1.807, 2.05) is 19.9 Å². The Bertz CT molecular complexity index is 585. The molecule has 0 unspecified atom stereocenters. The van der Waals surface area contributed by atoms with E-state index in [4.69, 9.17) is 4.74 Å². The van der Waals surface area contributed by atoms with E-state index < -0.39 is 0 Å². The Hall–Kier alpha value is -0.870. The van der Waals surface area contributed by atoms with Crippen LogP contribution < -0.4 is 4.74 Å². The van der Waals surface area contributed by atoms with E-state index in [2.05, 4.69) is 27.8 Å². The predicted molar refractivity (Wildman–Crippen MR) is 87.2 cm³/mol. The summed E-state index contributed by atoms with van der Waals surface area (Å²) >= 11 is 3.56. The van der Waals surface area contributed by atoms with Crippen molar-refractivity contribution in [3.05, 3.63) is 27.2 Å². The highest BCUT2D eigenvalue weighted by molar-refractivity contribution is 9.10. The summed E-state index contributed by atoms with van der Waals surface area (Å²) in [4.78, 5) is 15.3. The van der Waals surface area contributed by atoms with Gasteiger partial charge in [-0.1, -0.05) is 22.4 Å². The minimum absolute atomic E-state index is 0.123. The van der Waals surface area contributed by atoms with Gasteiger partial charge in [-0.25, -0.2) is 0 Å². The number of halogens is 1. The number of piperidine rings is 1. The number of ether oxygens (including phenoxy) is 1. The van der Waals surface area contributed by atoms with Crippen molar-refractivity contribution in [2.24, 2.45) is 0 Å². The lowest BCUT2D eigenvalue weighted by Gasteiger charge is -2.40. The number of nitrogens with zero attached hydrogens (tertiary/aromatic N) is 1. The van der Waals surface area contributed by atoms with Crippen LogP contribution in [0.5, 0.6) is 5.75 Å². The molecule has 0 aromatic heterocycles. The van der Waals surface area contributed by atoms with Crippen LogP contribution in [-0.2, 0) is 0 Å². The second kappa shape index (κ2) is 5.73. The molecule has 0 aliphatic carbocycles. The van der Waals surface area contributed by atoms with Crippen molar-refractivity contribution in [2.45, 2.75) is 52.1 Å². The van der Waals surface area contributed by atoms with Gasteiger partial charge in [-0.15, -0.1) is 0 Å². The van der Waals surface area contributed by atoms with Crippen LogP contribution in [0.15, 0.2) is 10.5 Å². The van der Waals surface area contributed by atoms with Crippen molar-refractivity contribution in [3.8, 4) is 5.75 Å². The van der Waals surface area contributed by atoms with Crippen LogP contribution in [0, 0.1) is 13.8 Å². The van der Waals surface area contributed by atoms with E-state index in [9.17, 15) is 4.79 Å². The molecule has 2 aliphatic rings. The molecule has 0 saturated carbocycles. The van der Waals surface area contributed by atoms with Gasteiger partial charge >= 0.3 is 0 Å². The summed E-state index contributed by atoms with van der Waals surface area (Å²) in [6.07, 6.45) is 3.62. The highest BCUT2D eigenvalue weighted by Gasteiger charge is 2.37. The molecule has 1 saturated heterocycles. The maximum atomic E-state index is 12.9. The van der Waals surface area contributed by atoms with Crippen LogP contribution in [0.3, 0.4) is 0 Å². The molecule has 21 heavy (non-hydrogen) atoms. The van der Waals surface area contributed by atoms with Crippen molar-refractivity contribution in [2.75, 3.05) is 13.2 Å². The highest BCUT2D eigenvalue weighted by Crippen LogP contribution is 2.36. The summed E-state index contributed by atoms with van der Waals surface area (Å²) in [5, 5.41) is 0. The van der Waals surface area contributed by atoms with E-state index in [-0.39, 0.29) is 11.8 Å². The molecule has 2 atom stereocenters. The fourth-order valence-electron chi connectivity index (χ4n) is 3.47. The molecule has 3 nitrogen and oxygen atoms in total. The number of benzene rings is 1. The topological polar surface area (TPSA) is 29.5 Å².